The molecule has 2 heterocycles. The van der Waals surface area contributed by atoms with Crippen molar-refractivity contribution in [2.45, 2.75) is 19.4 Å². The van der Waals surface area contributed by atoms with E-state index >= 15 is 0 Å². The van der Waals surface area contributed by atoms with Gasteiger partial charge in [0.15, 0.2) is 17.3 Å². The van der Waals surface area contributed by atoms with Crippen LogP contribution >= 0.6 is 0 Å². The first-order valence-corrected chi connectivity index (χ1v) is 10.2. The van der Waals surface area contributed by atoms with Gasteiger partial charge in [0.2, 0.25) is 0 Å². The molecule has 30 heavy (non-hydrogen) atoms. The number of rotatable bonds is 8. The zero-order valence-corrected chi connectivity index (χ0v) is 17.7. The zero-order valence-electron chi connectivity index (χ0n) is 17.7. The molecule has 0 saturated carbocycles. The van der Waals surface area contributed by atoms with Gasteiger partial charge in [-0.25, -0.2) is 0 Å². The molecule has 1 unspecified atom stereocenters. The van der Waals surface area contributed by atoms with Crippen molar-refractivity contribution in [2.24, 2.45) is 0 Å². The van der Waals surface area contributed by atoms with Gasteiger partial charge in [0.05, 0.1) is 40.1 Å². The van der Waals surface area contributed by atoms with E-state index in [9.17, 15) is 14.7 Å². The standard InChI is InChI=1S/C17H23NO6.C4H9NO/c1-3-24-15-5-4-12(10-16(15)22-2)14(19)11-13(17(20)21)18-6-8-23-9-7-18;1-3-6-4-2-5-1/h4-5,10,13H,3,6-9,11H2,1-2H3,(H,20,21);5H,1-4H2. The van der Waals surface area contributed by atoms with E-state index in [1.54, 1.807) is 23.1 Å². The highest BCUT2D eigenvalue weighted by atomic mass is 16.5. The maximum atomic E-state index is 12.5. The van der Waals surface area contributed by atoms with Crippen molar-refractivity contribution in [2.75, 3.05) is 66.3 Å². The van der Waals surface area contributed by atoms with E-state index in [0.717, 1.165) is 26.3 Å². The molecule has 0 spiro atoms. The zero-order chi connectivity index (χ0) is 21.8. The van der Waals surface area contributed by atoms with Gasteiger partial charge in [-0.2, -0.15) is 0 Å². The summed E-state index contributed by atoms with van der Waals surface area (Å²) in [5, 5.41) is 12.6. The number of nitrogens with one attached hydrogen (secondary N) is 1. The average molecular weight is 424 g/mol. The smallest absolute Gasteiger partial charge is 0.321 e. The predicted octanol–water partition coefficient (Wildman–Crippen LogP) is 1.06. The van der Waals surface area contributed by atoms with E-state index in [0.29, 0.717) is 50.0 Å². The number of ketones is 1. The minimum Gasteiger partial charge on any atom is -0.493 e. The Hall–Kier alpha value is -2.20. The minimum atomic E-state index is -0.997. The summed E-state index contributed by atoms with van der Waals surface area (Å²) in [6.07, 6.45) is -0.0908. The van der Waals surface area contributed by atoms with Crippen LogP contribution in [-0.4, -0.2) is 94.1 Å². The van der Waals surface area contributed by atoms with E-state index < -0.39 is 12.0 Å². The Morgan fingerprint density at radius 2 is 1.80 bits per heavy atom. The van der Waals surface area contributed by atoms with Gasteiger partial charge in [-0.05, 0) is 25.1 Å². The summed E-state index contributed by atoms with van der Waals surface area (Å²) in [5.41, 5.74) is 0.412. The third kappa shape index (κ3) is 7.56. The molecule has 0 radical (unpaired) electrons. The monoisotopic (exact) mass is 424 g/mol. The summed E-state index contributed by atoms with van der Waals surface area (Å²) < 4.78 is 20.9. The van der Waals surface area contributed by atoms with Crippen LogP contribution in [0.2, 0.25) is 0 Å². The first kappa shape index (κ1) is 24.1. The molecule has 1 aromatic carbocycles. The largest absolute Gasteiger partial charge is 0.493 e. The Morgan fingerprint density at radius 3 is 2.30 bits per heavy atom. The van der Waals surface area contributed by atoms with Gasteiger partial charge >= 0.3 is 5.97 Å². The lowest BCUT2D eigenvalue weighted by atomic mass is 10.0. The van der Waals surface area contributed by atoms with E-state index in [4.69, 9.17) is 18.9 Å². The van der Waals surface area contributed by atoms with Gasteiger partial charge in [-0.3, -0.25) is 14.5 Å². The number of hydrogen-bond acceptors (Lipinski definition) is 8. The van der Waals surface area contributed by atoms with Crippen LogP contribution in [0.15, 0.2) is 18.2 Å². The number of carboxylic acids is 1. The maximum absolute atomic E-state index is 12.5. The number of morpholine rings is 2. The van der Waals surface area contributed by atoms with Crippen LogP contribution in [-0.2, 0) is 14.3 Å². The lowest BCUT2D eigenvalue weighted by molar-refractivity contribution is -0.144. The van der Waals surface area contributed by atoms with E-state index in [-0.39, 0.29) is 12.2 Å². The topological polar surface area (TPSA) is 107 Å². The third-order valence-corrected chi connectivity index (χ3v) is 4.78. The van der Waals surface area contributed by atoms with Crippen LogP contribution in [0.5, 0.6) is 11.5 Å². The van der Waals surface area contributed by atoms with Crippen molar-refractivity contribution < 1.29 is 33.6 Å². The lowest BCUT2D eigenvalue weighted by Gasteiger charge is -2.31. The number of Topliss-reactive ketones (excluding diaryl/α,β-unsaturated/α-hetero) is 1. The molecule has 2 N–H and O–H groups in total. The molecule has 2 aliphatic heterocycles. The fraction of sp³-hybridized carbons (Fsp3) is 0.619. The summed E-state index contributed by atoms with van der Waals surface area (Å²) >= 11 is 0. The molecule has 0 amide bonds. The van der Waals surface area contributed by atoms with Crippen LogP contribution in [0.25, 0.3) is 0 Å². The second kappa shape index (κ2) is 13.2. The van der Waals surface area contributed by atoms with Gasteiger partial charge in [0, 0.05) is 38.2 Å². The second-order valence-corrected chi connectivity index (χ2v) is 6.79. The molecule has 1 aromatic rings. The van der Waals surface area contributed by atoms with E-state index in [1.165, 1.54) is 7.11 Å². The van der Waals surface area contributed by atoms with Gasteiger partial charge in [-0.1, -0.05) is 0 Å². The fourth-order valence-electron chi connectivity index (χ4n) is 3.19. The SMILES string of the molecule is C1COCCN1.CCOc1ccc(C(=O)CC(C(=O)O)N2CCOCC2)cc1OC. The first-order chi connectivity index (χ1) is 14.6. The molecule has 9 heteroatoms. The van der Waals surface area contributed by atoms with Crippen molar-refractivity contribution in [1.82, 2.24) is 10.2 Å². The summed E-state index contributed by atoms with van der Waals surface area (Å²) in [6, 6.07) is 4.04. The molecule has 2 aliphatic rings. The maximum Gasteiger partial charge on any atom is 0.321 e. The molecule has 9 nitrogen and oxygen atoms in total. The number of carboxylic acid groups (broad SMARTS) is 1. The molecule has 0 bridgehead atoms. The second-order valence-electron chi connectivity index (χ2n) is 6.79. The molecule has 0 aromatic heterocycles. The van der Waals surface area contributed by atoms with Gasteiger partial charge < -0.3 is 29.4 Å². The minimum absolute atomic E-state index is 0.0908. The Labute approximate surface area is 177 Å². The number of carbonyl (C=O) groups excluding carboxylic acids is 1. The lowest BCUT2D eigenvalue weighted by Crippen LogP contribution is -2.48. The van der Waals surface area contributed by atoms with Crippen molar-refractivity contribution in [3.8, 4) is 11.5 Å². The number of hydrogen-bond donors (Lipinski definition) is 2. The van der Waals surface area contributed by atoms with Crippen LogP contribution in [0.1, 0.15) is 23.7 Å². The van der Waals surface area contributed by atoms with Crippen LogP contribution in [0.3, 0.4) is 0 Å². The molecule has 1 atom stereocenters. The van der Waals surface area contributed by atoms with Crippen LogP contribution in [0, 0.1) is 0 Å². The molecule has 168 valence electrons. The summed E-state index contributed by atoms with van der Waals surface area (Å²) in [4.78, 5) is 25.8. The van der Waals surface area contributed by atoms with E-state index in [1.807, 2.05) is 6.92 Å². The Kier molecular flexibility index (Phi) is 10.6. The molecule has 0 aliphatic carbocycles. The van der Waals surface area contributed by atoms with Gasteiger partial charge in [-0.15, -0.1) is 0 Å². The van der Waals surface area contributed by atoms with Crippen molar-refractivity contribution >= 4 is 11.8 Å². The number of benzene rings is 1. The molecular weight excluding hydrogens is 392 g/mol. The van der Waals surface area contributed by atoms with Crippen LogP contribution < -0.4 is 14.8 Å². The summed E-state index contributed by atoms with van der Waals surface area (Å²) in [7, 11) is 1.50. The summed E-state index contributed by atoms with van der Waals surface area (Å²) in [5.74, 6) is -0.223. The average Bonchev–Trinajstić information content (AvgIpc) is 2.79. The molecule has 3 rings (SSSR count). The molecular formula is C21H32N2O7. The highest BCUT2D eigenvalue weighted by molar-refractivity contribution is 5.99. The van der Waals surface area contributed by atoms with Crippen LogP contribution in [0.4, 0.5) is 0 Å². The van der Waals surface area contributed by atoms with Crippen molar-refractivity contribution in [1.29, 1.82) is 0 Å². The highest BCUT2D eigenvalue weighted by Crippen LogP contribution is 2.28. The summed E-state index contributed by atoms with van der Waals surface area (Å²) in [6.45, 7) is 8.16. The third-order valence-electron chi connectivity index (χ3n) is 4.78. The number of carbonyl (C=O) groups is 2. The molecule has 2 saturated heterocycles. The Morgan fingerprint density at radius 1 is 1.13 bits per heavy atom. The predicted molar refractivity (Wildman–Crippen MR) is 111 cm³/mol. The Balaban J connectivity index is 0.000000456. The highest BCUT2D eigenvalue weighted by Gasteiger charge is 2.30. The van der Waals surface area contributed by atoms with Gasteiger partial charge in [0.1, 0.15) is 6.04 Å². The van der Waals surface area contributed by atoms with Gasteiger partial charge in [0.25, 0.3) is 0 Å². The van der Waals surface area contributed by atoms with Crippen molar-refractivity contribution in [3.63, 3.8) is 0 Å². The number of ether oxygens (including phenoxy) is 4. The number of methoxy groups -OCH3 is 1. The quantitative estimate of drug-likeness (QED) is 0.592. The number of aliphatic carboxylic acids is 1. The number of nitrogens with zero attached hydrogens (tertiary/aromatic N) is 1. The normalized spacial score (nSPS) is 17.9. The molecule has 2 fully saturated rings. The van der Waals surface area contributed by atoms with Crippen molar-refractivity contribution in [3.05, 3.63) is 23.8 Å². The van der Waals surface area contributed by atoms with E-state index in [2.05, 4.69) is 5.32 Å². The Bertz CT molecular complexity index is 662. The first-order valence-electron chi connectivity index (χ1n) is 10.2. The fourth-order valence-corrected chi connectivity index (χ4v) is 3.19.